The Hall–Kier alpha value is -3.77. The molecule has 6 nitrogen and oxygen atoms in total. The number of esters is 1. The van der Waals surface area contributed by atoms with Gasteiger partial charge in [-0.1, -0.05) is 29.8 Å². The predicted octanol–water partition coefficient (Wildman–Crippen LogP) is 4.33. The maximum absolute atomic E-state index is 13.3. The van der Waals surface area contributed by atoms with Crippen LogP contribution in [0, 0.1) is 0 Å². The van der Waals surface area contributed by atoms with Crippen LogP contribution >= 0.6 is 11.6 Å². The Morgan fingerprint density at radius 3 is 2.61 bits per heavy atom. The number of methoxy groups -OCH3 is 1. The highest BCUT2D eigenvalue weighted by atomic mass is 35.5. The predicted molar refractivity (Wildman–Crippen MR) is 117 cm³/mol. The van der Waals surface area contributed by atoms with E-state index in [4.69, 9.17) is 16.3 Å². The number of benzene rings is 2. The average molecular weight is 433 g/mol. The van der Waals surface area contributed by atoms with E-state index in [9.17, 15) is 14.4 Å². The number of nitrogens with zero attached hydrogens (tertiary/aromatic N) is 2. The molecule has 0 saturated carbocycles. The summed E-state index contributed by atoms with van der Waals surface area (Å²) >= 11 is 6.41. The van der Waals surface area contributed by atoms with E-state index in [1.54, 1.807) is 59.6 Å². The quantitative estimate of drug-likeness (QED) is 0.340. The molecule has 2 heterocycles. The molecule has 1 aliphatic rings. The molecular formula is C24H17ClN2O4. The number of rotatable bonds is 5. The lowest BCUT2D eigenvalue weighted by Crippen LogP contribution is -2.26. The second-order valence-electron chi connectivity index (χ2n) is 6.88. The Morgan fingerprint density at radius 2 is 1.87 bits per heavy atom. The van der Waals surface area contributed by atoms with E-state index in [-0.39, 0.29) is 23.8 Å². The van der Waals surface area contributed by atoms with Crippen LogP contribution in [-0.2, 0) is 16.1 Å². The van der Waals surface area contributed by atoms with Gasteiger partial charge in [-0.25, -0.2) is 4.79 Å². The number of anilines is 1. The van der Waals surface area contributed by atoms with Gasteiger partial charge in [0, 0.05) is 23.5 Å². The van der Waals surface area contributed by atoms with Gasteiger partial charge in [0.2, 0.25) is 0 Å². The number of aromatic nitrogens is 1. The number of halogens is 1. The van der Waals surface area contributed by atoms with E-state index in [2.05, 4.69) is 4.98 Å². The van der Waals surface area contributed by atoms with Crippen LogP contribution in [0.25, 0.3) is 5.57 Å². The highest BCUT2D eigenvalue weighted by Gasteiger charge is 2.34. The number of amides is 1. The Kier molecular flexibility index (Phi) is 5.64. The number of fused-ring (bicyclic) bond motifs is 1. The molecule has 7 heteroatoms. The topological polar surface area (TPSA) is 76.6 Å². The standard InChI is InChI=1S/C24H17ClN2O4/c1-31-24(30)16-6-2-5-15(11-16)14-27-20-9-3-8-19(25)22(20)18(23(27)29)12-21(28)17-7-4-10-26-13-17/h2-13H,14H2,1H3/b18-12+. The molecule has 0 radical (unpaired) electrons. The Bertz CT molecular complexity index is 1220. The van der Waals surface area contributed by atoms with E-state index < -0.39 is 5.97 Å². The van der Waals surface area contributed by atoms with Gasteiger partial charge in [-0.3, -0.25) is 14.6 Å². The molecule has 3 aromatic rings. The van der Waals surface area contributed by atoms with Gasteiger partial charge >= 0.3 is 5.97 Å². The first-order chi connectivity index (χ1) is 15.0. The van der Waals surface area contributed by atoms with Crippen molar-refractivity contribution < 1.29 is 19.1 Å². The number of allylic oxidation sites excluding steroid dienone is 1. The van der Waals surface area contributed by atoms with Gasteiger partial charge in [-0.05, 0) is 48.0 Å². The Balaban J connectivity index is 1.72. The van der Waals surface area contributed by atoms with E-state index in [0.29, 0.717) is 27.4 Å². The van der Waals surface area contributed by atoms with Gasteiger partial charge in [0.1, 0.15) is 0 Å². The van der Waals surface area contributed by atoms with Crippen molar-refractivity contribution in [1.29, 1.82) is 0 Å². The second kappa shape index (κ2) is 8.53. The van der Waals surface area contributed by atoms with Gasteiger partial charge in [-0.2, -0.15) is 0 Å². The van der Waals surface area contributed by atoms with Gasteiger partial charge in [0.15, 0.2) is 5.78 Å². The van der Waals surface area contributed by atoms with Crippen molar-refractivity contribution in [3.8, 4) is 0 Å². The van der Waals surface area contributed by atoms with Crippen molar-refractivity contribution in [3.05, 3.63) is 100 Å². The van der Waals surface area contributed by atoms with E-state index in [0.717, 1.165) is 5.56 Å². The molecular weight excluding hydrogens is 416 g/mol. The Labute approximate surface area is 183 Å². The van der Waals surface area contributed by atoms with Crippen molar-refractivity contribution in [2.24, 2.45) is 0 Å². The van der Waals surface area contributed by atoms with E-state index >= 15 is 0 Å². The summed E-state index contributed by atoms with van der Waals surface area (Å²) in [6, 6.07) is 15.3. The van der Waals surface area contributed by atoms with Gasteiger partial charge in [0.25, 0.3) is 5.91 Å². The second-order valence-corrected chi connectivity index (χ2v) is 7.29. The summed E-state index contributed by atoms with van der Waals surface area (Å²) in [7, 11) is 1.31. The van der Waals surface area contributed by atoms with Crippen LogP contribution in [0.15, 0.2) is 73.1 Å². The summed E-state index contributed by atoms with van der Waals surface area (Å²) < 4.78 is 4.77. The summed E-state index contributed by atoms with van der Waals surface area (Å²) in [6.07, 6.45) is 4.32. The van der Waals surface area contributed by atoms with Crippen molar-refractivity contribution in [1.82, 2.24) is 4.98 Å². The fourth-order valence-corrected chi connectivity index (χ4v) is 3.75. The molecule has 0 saturated heterocycles. The minimum atomic E-state index is -0.458. The largest absolute Gasteiger partial charge is 0.465 e. The summed E-state index contributed by atoms with van der Waals surface area (Å²) in [5.74, 6) is -1.14. The normalized spacial score (nSPS) is 13.9. The van der Waals surface area contributed by atoms with Gasteiger partial charge in [-0.15, -0.1) is 0 Å². The number of hydrogen-bond donors (Lipinski definition) is 0. The first-order valence-electron chi connectivity index (χ1n) is 9.43. The van der Waals surface area contributed by atoms with E-state index in [1.165, 1.54) is 19.4 Å². The van der Waals surface area contributed by atoms with Crippen LogP contribution in [0.3, 0.4) is 0 Å². The lowest BCUT2D eigenvalue weighted by atomic mass is 10.0. The number of carbonyl (C=O) groups is 3. The number of carbonyl (C=O) groups excluding carboxylic acids is 3. The maximum atomic E-state index is 13.3. The van der Waals surface area contributed by atoms with Crippen LogP contribution in [-0.4, -0.2) is 29.8 Å². The molecule has 0 atom stereocenters. The molecule has 0 spiro atoms. The fourth-order valence-electron chi connectivity index (χ4n) is 3.48. The van der Waals surface area contributed by atoms with Crippen LogP contribution in [0.2, 0.25) is 5.02 Å². The average Bonchev–Trinajstić information content (AvgIpc) is 3.06. The molecule has 0 aliphatic carbocycles. The van der Waals surface area contributed by atoms with Crippen molar-refractivity contribution in [2.45, 2.75) is 6.54 Å². The molecule has 0 bridgehead atoms. The molecule has 31 heavy (non-hydrogen) atoms. The maximum Gasteiger partial charge on any atom is 0.337 e. The van der Waals surface area contributed by atoms with Gasteiger partial charge < -0.3 is 9.64 Å². The molecule has 0 unspecified atom stereocenters. The molecule has 2 aromatic carbocycles. The third kappa shape index (κ3) is 3.98. The summed E-state index contributed by atoms with van der Waals surface area (Å²) in [5, 5.41) is 0.377. The highest BCUT2D eigenvalue weighted by Crippen LogP contribution is 2.42. The van der Waals surface area contributed by atoms with Crippen molar-refractivity contribution >= 4 is 40.5 Å². The molecule has 154 valence electrons. The first kappa shape index (κ1) is 20.5. The zero-order valence-electron chi connectivity index (χ0n) is 16.5. The SMILES string of the molecule is COC(=O)c1cccc(CN2C(=O)/C(=C/C(=O)c3cccnc3)c3c(Cl)cccc32)c1. The van der Waals surface area contributed by atoms with Crippen molar-refractivity contribution in [3.63, 3.8) is 0 Å². The van der Waals surface area contributed by atoms with Crippen molar-refractivity contribution in [2.75, 3.05) is 12.0 Å². The summed E-state index contributed by atoms with van der Waals surface area (Å²) in [6.45, 7) is 0.204. The monoisotopic (exact) mass is 432 g/mol. The minimum Gasteiger partial charge on any atom is -0.465 e. The molecule has 1 aliphatic heterocycles. The fraction of sp³-hybridized carbons (Fsp3) is 0.0833. The molecule has 4 rings (SSSR count). The first-order valence-corrected chi connectivity index (χ1v) is 9.81. The smallest absolute Gasteiger partial charge is 0.337 e. The number of ketones is 1. The summed E-state index contributed by atoms with van der Waals surface area (Å²) in [4.78, 5) is 43.3. The molecule has 1 aromatic heterocycles. The minimum absolute atomic E-state index is 0.204. The number of pyridine rings is 1. The van der Waals surface area contributed by atoms with Crippen LogP contribution in [0.1, 0.15) is 31.8 Å². The number of ether oxygens (including phenoxy) is 1. The van der Waals surface area contributed by atoms with Gasteiger partial charge in [0.05, 0.1) is 35.5 Å². The lowest BCUT2D eigenvalue weighted by molar-refractivity contribution is -0.113. The van der Waals surface area contributed by atoms with Crippen LogP contribution < -0.4 is 4.90 Å². The molecule has 0 fully saturated rings. The Morgan fingerprint density at radius 1 is 1.10 bits per heavy atom. The summed E-state index contributed by atoms with van der Waals surface area (Å²) in [5.41, 5.74) is 2.84. The highest BCUT2D eigenvalue weighted by molar-refractivity contribution is 6.41. The number of hydrogen-bond acceptors (Lipinski definition) is 5. The zero-order valence-corrected chi connectivity index (χ0v) is 17.3. The van der Waals surface area contributed by atoms with Crippen LogP contribution in [0.4, 0.5) is 5.69 Å². The van der Waals surface area contributed by atoms with Crippen LogP contribution in [0.5, 0.6) is 0 Å². The third-order valence-electron chi connectivity index (χ3n) is 4.94. The third-order valence-corrected chi connectivity index (χ3v) is 5.25. The zero-order chi connectivity index (χ0) is 22.0. The molecule has 1 amide bonds. The molecule has 0 N–H and O–H groups in total. The lowest BCUT2D eigenvalue weighted by Gasteiger charge is -2.17. The van der Waals surface area contributed by atoms with E-state index in [1.807, 2.05) is 6.07 Å².